The lowest BCUT2D eigenvalue weighted by molar-refractivity contribution is 0.0690. The summed E-state index contributed by atoms with van der Waals surface area (Å²) in [6, 6.07) is 11.2. The van der Waals surface area contributed by atoms with Crippen LogP contribution in [0, 0.1) is 0 Å². The van der Waals surface area contributed by atoms with E-state index in [1.807, 2.05) is 6.07 Å². The highest BCUT2D eigenvalue weighted by Gasteiger charge is 2.20. The molecule has 0 aliphatic heterocycles. The smallest absolute Gasteiger partial charge is 0.412 e. The van der Waals surface area contributed by atoms with Gasteiger partial charge < -0.3 is 20.1 Å². The molecule has 0 aromatic heterocycles. The molecule has 22 heavy (non-hydrogen) atoms. The summed E-state index contributed by atoms with van der Waals surface area (Å²) in [5.74, 6) is -2.87. The van der Waals surface area contributed by atoms with Crippen LogP contribution in [0.5, 0.6) is 11.5 Å². The van der Waals surface area contributed by atoms with Crippen molar-refractivity contribution in [2.45, 2.75) is 6.61 Å². The molecule has 1 amide bonds. The Labute approximate surface area is 125 Å². The van der Waals surface area contributed by atoms with E-state index in [1.165, 1.54) is 6.07 Å². The van der Waals surface area contributed by atoms with Gasteiger partial charge in [0.15, 0.2) is 5.75 Å². The second-order valence-electron chi connectivity index (χ2n) is 4.35. The van der Waals surface area contributed by atoms with Gasteiger partial charge in [0.1, 0.15) is 17.9 Å². The predicted octanol–water partition coefficient (Wildman–Crippen LogP) is 2.54. The molecule has 2 rings (SSSR count). The lowest BCUT2D eigenvalue weighted by Gasteiger charge is -2.11. The molecule has 0 aliphatic rings. The molecule has 0 fully saturated rings. The quantitative estimate of drug-likeness (QED) is 0.509. The van der Waals surface area contributed by atoms with Crippen molar-refractivity contribution < 1.29 is 29.6 Å². The molecule has 0 heterocycles. The minimum absolute atomic E-state index is 0.0251. The number of carboxylic acid groups (broad SMARTS) is 1. The van der Waals surface area contributed by atoms with E-state index in [0.717, 1.165) is 11.6 Å². The molecule has 0 saturated carbocycles. The maximum Gasteiger partial charge on any atom is 0.412 e. The van der Waals surface area contributed by atoms with Gasteiger partial charge in [-0.2, -0.15) is 0 Å². The number of carboxylic acids is 1. The Balaban J connectivity index is 2.06. The van der Waals surface area contributed by atoms with Crippen molar-refractivity contribution in [1.82, 2.24) is 0 Å². The summed E-state index contributed by atoms with van der Waals surface area (Å²) in [4.78, 5) is 22.6. The molecule has 0 radical (unpaired) electrons. The van der Waals surface area contributed by atoms with Crippen LogP contribution >= 0.6 is 0 Å². The minimum Gasteiger partial charge on any atom is -0.507 e. The third-order valence-electron chi connectivity index (χ3n) is 2.82. The fraction of sp³-hybridized carbons (Fsp3) is 0.0667. The molecular weight excluding hydrogens is 290 g/mol. The molecule has 0 saturated heterocycles. The molecule has 7 heteroatoms. The Kier molecular flexibility index (Phi) is 4.47. The van der Waals surface area contributed by atoms with Crippen LogP contribution in [0.3, 0.4) is 0 Å². The summed E-state index contributed by atoms with van der Waals surface area (Å²) in [6.45, 7) is 0.0251. The van der Waals surface area contributed by atoms with Gasteiger partial charge >= 0.3 is 12.1 Å². The van der Waals surface area contributed by atoms with Crippen molar-refractivity contribution in [2.75, 3.05) is 5.32 Å². The molecule has 0 unspecified atom stereocenters. The Morgan fingerprint density at radius 1 is 1.05 bits per heavy atom. The fourth-order valence-corrected chi connectivity index (χ4v) is 1.76. The van der Waals surface area contributed by atoms with E-state index in [9.17, 15) is 19.8 Å². The average Bonchev–Trinajstić information content (AvgIpc) is 2.49. The molecule has 0 aliphatic carbocycles. The number of amides is 1. The van der Waals surface area contributed by atoms with Crippen molar-refractivity contribution in [3.63, 3.8) is 0 Å². The van der Waals surface area contributed by atoms with Gasteiger partial charge in [-0.05, 0) is 17.7 Å². The number of nitrogens with one attached hydrogen (secondary N) is 1. The largest absolute Gasteiger partial charge is 0.507 e. The Morgan fingerprint density at radius 3 is 2.36 bits per heavy atom. The fourth-order valence-electron chi connectivity index (χ4n) is 1.76. The van der Waals surface area contributed by atoms with Crippen LogP contribution in [0.25, 0.3) is 0 Å². The van der Waals surface area contributed by atoms with Gasteiger partial charge in [0.05, 0.1) is 5.69 Å². The standard InChI is InChI=1S/C15H13NO6/c17-11-7-6-10(13(18)12(11)14(19)20)16-15(21)22-8-9-4-2-1-3-5-9/h1-7,17-18H,8H2,(H,16,21)(H,19,20). The highest BCUT2D eigenvalue weighted by molar-refractivity contribution is 5.98. The lowest BCUT2D eigenvalue weighted by atomic mass is 10.1. The third-order valence-corrected chi connectivity index (χ3v) is 2.82. The Morgan fingerprint density at radius 2 is 1.73 bits per heavy atom. The summed E-state index contributed by atoms with van der Waals surface area (Å²) in [7, 11) is 0. The van der Waals surface area contributed by atoms with Gasteiger partial charge in [0.25, 0.3) is 0 Å². The van der Waals surface area contributed by atoms with Crippen molar-refractivity contribution in [1.29, 1.82) is 0 Å². The molecule has 0 spiro atoms. The number of ether oxygens (including phenoxy) is 1. The molecule has 114 valence electrons. The molecule has 7 nitrogen and oxygen atoms in total. The number of carbonyl (C=O) groups is 2. The Bertz CT molecular complexity index is 699. The van der Waals surface area contributed by atoms with Crippen molar-refractivity contribution in [2.24, 2.45) is 0 Å². The first-order valence-corrected chi connectivity index (χ1v) is 6.25. The highest BCUT2D eigenvalue weighted by Crippen LogP contribution is 2.34. The second kappa shape index (κ2) is 6.49. The first kappa shape index (κ1) is 15.2. The van der Waals surface area contributed by atoms with E-state index in [0.29, 0.717) is 0 Å². The maximum absolute atomic E-state index is 11.6. The number of hydrogen-bond donors (Lipinski definition) is 4. The van der Waals surface area contributed by atoms with Crippen LogP contribution in [0.2, 0.25) is 0 Å². The molecular formula is C15H13NO6. The molecule has 2 aromatic carbocycles. The van der Waals surface area contributed by atoms with Crippen molar-refractivity contribution in [3.8, 4) is 11.5 Å². The van der Waals surface area contributed by atoms with Gasteiger partial charge in [-0.1, -0.05) is 30.3 Å². The lowest BCUT2D eigenvalue weighted by Crippen LogP contribution is -2.14. The zero-order valence-corrected chi connectivity index (χ0v) is 11.3. The average molecular weight is 303 g/mol. The van der Waals surface area contributed by atoms with Crippen LogP contribution in [-0.4, -0.2) is 27.4 Å². The highest BCUT2D eigenvalue weighted by atomic mass is 16.5. The number of anilines is 1. The van der Waals surface area contributed by atoms with E-state index >= 15 is 0 Å². The van der Waals surface area contributed by atoms with Crippen LogP contribution in [0.4, 0.5) is 10.5 Å². The van der Waals surface area contributed by atoms with Gasteiger partial charge in [-0.15, -0.1) is 0 Å². The van der Waals surface area contributed by atoms with E-state index in [2.05, 4.69) is 5.32 Å². The maximum atomic E-state index is 11.6. The molecule has 4 N–H and O–H groups in total. The number of benzene rings is 2. The number of rotatable bonds is 4. The monoisotopic (exact) mass is 303 g/mol. The normalized spacial score (nSPS) is 10.0. The van der Waals surface area contributed by atoms with E-state index in [1.54, 1.807) is 24.3 Å². The number of carbonyl (C=O) groups excluding carboxylic acids is 1. The first-order valence-electron chi connectivity index (χ1n) is 6.25. The topological polar surface area (TPSA) is 116 Å². The Hall–Kier alpha value is -3.22. The summed E-state index contributed by atoms with van der Waals surface area (Å²) in [5.41, 5.74) is -0.0899. The number of hydrogen-bond acceptors (Lipinski definition) is 5. The summed E-state index contributed by atoms with van der Waals surface area (Å²) < 4.78 is 4.95. The van der Waals surface area contributed by atoms with Gasteiger partial charge in [0.2, 0.25) is 0 Å². The van der Waals surface area contributed by atoms with E-state index < -0.39 is 29.1 Å². The van der Waals surface area contributed by atoms with E-state index in [4.69, 9.17) is 9.84 Å². The van der Waals surface area contributed by atoms with Crippen LogP contribution in [0.15, 0.2) is 42.5 Å². The molecule has 0 bridgehead atoms. The zero-order valence-electron chi connectivity index (χ0n) is 11.3. The van der Waals surface area contributed by atoms with Gasteiger partial charge in [-0.25, -0.2) is 9.59 Å². The number of phenols is 2. The summed E-state index contributed by atoms with van der Waals surface area (Å²) in [6.07, 6.45) is -0.860. The first-order chi connectivity index (χ1) is 10.5. The third kappa shape index (κ3) is 3.45. The van der Waals surface area contributed by atoms with Crippen LogP contribution in [0.1, 0.15) is 15.9 Å². The minimum atomic E-state index is -1.52. The number of aromatic hydroxyl groups is 2. The summed E-state index contributed by atoms with van der Waals surface area (Å²) in [5, 5.41) is 30.3. The number of aromatic carboxylic acids is 1. The van der Waals surface area contributed by atoms with Crippen molar-refractivity contribution >= 4 is 17.7 Å². The summed E-state index contributed by atoms with van der Waals surface area (Å²) >= 11 is 0. The zero-order chi connectivity index (χ0) is 16.1. The van der Waals surface area contributed by atoms with E-state index in [-0.39, 0.29) is 12.3 Å². The second-order valence-corrected chi connectivity index (χ2v) is 4.35. The van der Waals surface area contributed by atoms with Gasteiger partial charge in [0, 0.05) is 0 Å². The van der Waals surface area contributed by atoms with Crippen LogP contribution < -0.4 is 5.32 Å². The van der Waals surface area contributed by atoms with Gasteiger partial charge in [-0.3, -0.25) is 5.32 Å². The van der Waals surface area contributed by atoms with Crippen molar-refractivity contribution in [3.05, 3.63) is 53.6 Å². The SMILES string of the molecule is O=C(Nc1ccc(O)c(C(=O)O)c1O)OCc1ccccc1. The van der Waals surface area contributed by atoms with Crippen LogP contribution in [-0.2, 0) is 11.3 Å². The predicted molar refractivity (Wildman–Crippen MR) is 77.0 cm³/mol. The molecule has 2 aromatic rings. The molecule has 0 atom stereocenters.